The van der Waals surface area contributed by atoms with Crippen LogP contribution in [0.25, 0.3) is 0 Å². The van der Waals surface area contributed by atoms with Crippen LogP contribution in [0.3, 0.4) is 0 Å². The van der Waals surface area contributed by atoms with Crippen LogP contribution in [0.5, 0.6) is 5.75 Å². The van der Waals surface area contributed by atoms with E-state index in [0.29, 0.717) is 6.07 Å². The van der Waals surface area contributed by atoms with Gasteiger partial charge >= 0.3 is 0 Å². The standard InChI is InChI=1S/C18H11ClF2N2O5/c19-13-4-2-11(23(25)26)8-15(13)22-18(24)17-6-3-12(28-17)9-27-16-5-1-10(20)7-14(16)21/h1-8H,9H2,(H,22,24). The Labute approximate surface area is 161 Å². The third kappa shape index (κ3) is 4.44. The van der Waals surface area contributed by atoms with Gasteiger partial charge in [0.2, 0.25) is 0 Å². The van der Waals surface area contributed by atoms with Crippen molar-refractivity contribution in [3.8, 4) is 5.75 Å². The Balaban J connectivity index is 1.67. The zero-order valence-corrected chi connectivity index (χ0v) is 14.7. The number of non-ortho nitro benzene ring substituents is 1. The molecule has 144 valence electrons. The van der Waals surface area contributed by atoms with Crippen molar-refractivity contribution >= 4 is 28.9 Å². The normalized spacial score (nSPS) is 10.5. The van der Waals surface area contributed by atoms with Gasteiger partial charge in [0.05, 0.1) is 15.6 Å². The van der Waals surface area contributed by atoms with E-state index in [1.165, 1.54) is 24.3 Å². The lowest BCUT2D eigenvalue weighted by molar-refractivity contribution is -0.384. The van der Waals surface area contributed by atoms with Crippen molar-refractivity contribution in [3.05, 3.63) is 86.8 Å². The minimum absolute atomic E-state index is 0.0449. The Morgan fingerprint density at radius 3 is 2.68 bits per heavy atom. The largest absolute Gasteiger partial charge is 0.483 e. The van der Waals surface area contributed by atoms with E-state index in [1.807, 2.05) is 0 Å². The van der Waals surface area contributed by atoms with E-state index in [0.717, 1.165) is 18.2 Å². The van der Waals surface area contributed by atoms with Crippen molar-refractivity contribution in [1.82, 2.24) is 0 Å². The molecule has 0 saturated heterocycles. The molecule has 0 atom stereocenters. The number of anilines is 1. The molecule has 0 radical (unpaired) electrons. The fourth-order valence-electron chi connectivity index (χ4n) is 2.23. The van der Waals surface area contributed by atoms with E-state index in [1.54, 1.807) is 0 Å². The third-order valence-electron chi connectivity index (χ3n) is 3.56. The Hall–Kier alpha value is -3.46. The summed E-state index contributed by atoms with van der Waals surface area (Å²) in [5.41, 5.74) is -0.196. The minimum atomic E-state index is -0.871. The summed E-state index contributed by atoms with van der Waals surface area (Å²) in [6.07, 6.45) is 0. The number of nitrogens with zero attached hydrogens (tertiary/aromatic N) is 1. The predicted octanol–water partition coefficient (Wildman–Crippen LogP) is 4.95. The number of halogens is 3. The number of hydrogen-bond donors (Lipinski definition) is 1. The molecule has 0 aliphatic rings. The third-order valence-corrected chi connectivity index (χ3v) is 3.89. The number of carbonyl (C=O) groups excluding carboxylic acids is 1. The number of benzene rings is 2. The van der Waals surface area contributed by atoms with Crippen LogP contribution >= 0.6 is 11.6 Å². The van der Waals surface area contributed by atoms with Crippen molar-refractivity contribution in [2.45, 2.75) is 6.61 Å². The van der Waals surface area contributed by atoms with E-state index in [4.69, 9.17) is 20.8 Å². The van der Waals surface area contributed by atoms with Gasteiger partial charge in [-0.1, -0.05) is 11.6 Å². The highest BCUT2D eigenvalue weighted by atomic mass is 35.5. The Morgan fingerprint density at radius 2 is 1.96 bits per heavy atom. The van der Waals surface area contributed by atoms with Gasteiger partial charge < -0.3 is 14.5 Å². The van der Waals surface area contributed by atoms with E-state index in [-0.39, 0.29) is 40.3 Å². The number of nitro benzene ring substituents is 1. The molecule has 0 bridgehead atoms. The van der Waals surface area contributed by atoms with E-state index < -0.39 is 22.5 Å². The number of amides is 1. The molecule has 28 heavy (non-hydrogen) atoms. The van der Waals surface area contributed by atoms with Crippen LogP contribution < -0.4 is 10.1 Å². The van der Waals surface area contributed by atoms with Gasteiger partial charge in [-0.05, 0) is 30.3 Å². The molecule has 3 rings (SSSR count). The average molecular weight is 409 g/mol. The fourth-order valence-corrected chi connectivity index (χ4v) is 2.39. The zero-order valence-electron chi connectivity index (χ0n) is 13.9. The second-order valence-electron chi connectivity index (χ2n) is 5.50. The number of furan rings is 1. The second-order valence-corrected chi connectivity index (χ2v) is 5.91. The molecule has 0 aliphatic heterocycles. The molecular weight excluding hydrogens is 398 g/mol. The van der Waals surface area contributed by atoms with Crippen LogP contribution in [0, 0.1) is 21.7 Å². The SMILES string of the molecule is O=C(Nc1cc([N+](=O)[O-])ccc1Cl)c1ccc(COc2ccc(F)cc2F)o1. The summed E-state index contributed by atoms with van der Waals surface area (Å²) in [6, 6.07) is 9.24. The van der Waals surface area contributed by atoms with Gasteiger partial charge in [0, 0.05) is 18.2 Å². The molecule has 2 aromatic carbocycles. The van der Waals surface area contributed by atoms with Crippen molar-refractivity contribution in [3.63, 3.8) is 0 Å². The zero-order chi connectivity index (χ0) is 20.3. The number of rotatable bonds is 6. The molecule has 0 saturated carbocycles. The molecule has 0 fully saturated rings. The van der Waals surface area contributed by atoms with Gasteiger partial charge in [-0.15, -0.1) is 0 Å². The lowest BCUT2D eigenvalue weighted by Crippen LogP contribution is -2.11. The molecule has 1 amide bonds. The quantitative estimate of drug-likeness (QED) is 0.460. The van der Waals surface area contributed by atoms with Crippen molar-refractivity contribution in [1.29, 1.82) is 0 Å². The maximum atomic E-state index is 13.5. The molecule has 0 unspecified atom stereocenters. The Bertz CT molecular complexity index is 1050. The fraction of sp³-hybridized carbons (Fsp3) is 0.0556. The molecule has 0 aliphatic carbocycles. The molecule has 1 heterocycles. The van der Waals surface area contributed by atoms with Crippen LogP contribution in [0.1, 0.15) is 16.3 Å². The van der Waals surface area contributed by atoms with Crippen molar-refractivity contribution in [2.24, 2.45) is 0 Å². The molecule has 7 nitrogen and oxygen atoms in total. The first-order valence-electron chi connectivity index (χ1n) is 7.75. The minimum Gasteiger partial charge on any atom is -0.483 e. The van der Waals surface area contributed by atoms with Gasteiger partial charge in [0.15, 0.2) is 17.3 Å². The van der Waals surface area contributed by atoms with Gasteiger partial charge in [-0.2, -0.15) is 0 Å². The highest BCUT2D eigenvalue weighted by Gasteiger charge is 2.16. The molecule has 10 heteroatoms. The molecule has 3 aromatic rings. The first kappa shape index (κ1) is 19.3. The van der Waals surface area contributed by atoms with Crippen molar-refractivity contribution < 1.29 is 27.7 Å². The summed E-state index contributed by atoms with van der Waals surface area (Å²) in [6.45, 7) is -0.201. The van der Waals surface area contributed by atoms with Gasteiger partial charge in [-0.3, -0.25) is 14.9 Å². The Kier molecular flexibility index (Phi) is 5.55. The van der Waals surface area contributed by atoms with Gasteiger partial charge in [0.25, 0.3) is 11.6 Å². The molecular formula is C18H11ClF2N2O5. The van der Waals surface area contributed by atoms with Crippen LogP contribution in [-0.4, -0.2) is 10.8 Å². The van der Waals surface area contributed by atoms with Crippen LogP contribution in [0.15, 0.2) is 52.9 Å². The summed E-state index contributed by atoms with van der Waals surface area (Å²) >= 11 is 5.93. The maximum absolute atomic E-state index is 13.5. The highest BCUT2D eigenvalue weighted by Crippen LogP contribution is 2.27. The molecule has 1 N–H and O–H groups in total. The van der Waals surface area contributed by atoms with Crippen LogP contribution in [-0.2, 0) is 6.61 Å². The number of nitro groups is 1. The van der Waals surface area contributed by atoms with Gasteiger partial charge in [0.1, 0.15) is 18.2 Å². The summed E-state index contributed by atoms with van der Waals surface area (Å²) in [5.74, 6) is -2.37. The van der Waals surface area contributed by atoms with E-state index in [2.05, 4.69) is 5.32 Å². The van der Waals surface area contributed by atoms with Crippen LogP contribution in [0.4, 0.5) is 20.2 Å². The smallest absolute Gasteiger partial charge is 0.291 e. The van der Waals surface area contributed by atoms with Crippen molar-refractivity contribution in [2.75, 3.05) is 5.32 Å². The number of hydrogen-bond acceptors (Lipinski definition) is 5. The predicted molar refractivity (Wildman–Crippen MR) is 95.5 cm³/mol. The number of ether oxygens (including phenoxy) is 1. The topological polar surface area (TPSA) is 94.6 Å². The lowest BCUT2D eigenvalue weighted by atomic mass is 10.2. The maximum Gasteiger partial charge on any atom is 0.291 e. The molecule has 1 aromatic heterocycles. The average Bonchev–Trinajstić information content (AvgIpc) is 3.12. The van der Waals surface area contributed by atoms with Crippen LogP contribution in [0.2, 0.25) is 5.02 Å². The van der Waals surface area contributed by atoms with Gasteiger partial charge in [-0.25, -0.2) is 8.78 Å². The number of carbonyl (C=O) groups is 1. The summed E-state index contributed by atoms with van der Waals surface area (Å²) in [7, 11) is 0. The van der Waals surface area contributed by atoms with E-state index in [9.17, 15) is 23.7 Å². The first-order chi connectivity index (χ1) is 13.3. The lowest BCUT2D eigenvalue weighted by Gasteiger charge is -2.06. The summed E-state index contributed by atoms with van der Waals surface area (Å²) < 4.78 is 36.9. The number of nitrogens with one attached hydrogen (secondary N) is 1. The first-order valence-corrected chi connectivity index (χ1v) is 8.13. The summed E-state index contributed by atoms with van der Waals surface area (Å²) in [5, 5.41) is 13.3. The highest BCUT2D eigenvalue weighted by molar-refractivity contribution is 6.34. The summed E-state index contributed by atoms with van der Waals surface area (Å²) in [4.78, 5) is 22.5. The Morgan fingerprint density at radius 1 is 1.18 bits per heavy atom. The second kappa shape index (κ2) is 8.05. The molecule has 0 spiro atoms. The monoisotopic (exact) mass is 408 g/mol. The van der Waals surface area contributed by atoms with E-state index >= 15 is 0 Å².